The molecular formula is C11H17BrO3. The van der Waals surface area contributed by atoms with Gasteiger partial charge in [0.1, 0.15) is 12.2 Å². The average Bonchev–Trinajstić information content (AvgIpc) is 2.01. The molecule has 86 valence electrons. The molecular weight excluding hydrogens is 260 g/mol. The van der Waals surface area contributed by atoms with Gasteiger partial charge in [0.05, 0.1) is 6.26 Å². The maximum absolute atomic E-state index is 11.0. The molecule has 0 radical (unpaired) electrons. The van der Waals surface area contributed by atoms with Crippen molar-refractivity contribution in [2.45, 2.75) is 33.6 Å². The van der Waals surface area contributed by atoms with Crippen molar-refractivity contribution in [1.29, 1.82) is 0 Å². The van der Waals surface area contributed by atoms with Crippen LogP contribution < -0.4 is 0 Å². The Morgan fingerprint density at radius 2 is 2.00 bits per heavy atom. The van der Waals surface area contributed by atoms with Crippen molar-refractivity contribution in [2.75, 3.05) is 5.33 Å². The summed E-state index contributed by atoms with van der Waals surface area (Å²) in [5.41, 5.74) is -0.0139. The number of carbonyl (C=O) groups is 2. The maximum Gasteiger partial charge on any atom is 0.318 e. The number of hydrogen-bond acceptors (Lipinski definition) is 3. The van der Waals surface area contributed by atoms with E-state index in [1.165, 1.54) is 13.2 Å². The first-order valence-corrected chi connectivity index (χ1v) is 5.92. The lowest BCUT2D eigenvalue weighted by Gasteiger charge is -2.17. The molecule has 0 aliphatic heterocycles. The summed E-state index contributed by atoms with van der Waals surface area (Å²) < 4.78 is 4.78. The highest BCUT2D eigenvalue weighted by Gasteiger charge is 2.13. The molecule has 0 spiro atoms. The van der Waals surface area contributed by atoms with E-state index < -0.39 is 5.97 Å². The first-order valence-electron chi connectivity index (χ1n) is 4.80. The van der Waals surface area contributed by atoms with Crippen LogP contribution in [0.3, 0.4) is 0 Å². The van der Waals surface area contributed by atoms with Gasteiger partial charge in [-0.1, -0.05) is 29.8 Å². The Bertz CT molecular complexity index is 257. The SMILES string of the molecule is CC(=O)CC(=O)OC=CC(C)(C)CCBr. The number of halogens is 1. The van der Waals surface area contributed by atoms with Crippen LogP contribution in [0.25, 0.3) is 0 Å². The van der Waals surface area contributed by atoms with Crippen molar-refractivity contribution < 1.29 is 14.3 Å². The lowest BCUT2D eigenvalue weighted by atomic mass is 9.91. The van der Waals surface area contributed by atoms with Gasteiger partial charge in [0.2, 0.25) is 0 Å². The van der Waals surface area contributed by atoms with Gasteiger partial charge in [-0.3, -0.25) is 9.59 Å². The van der Waals surface area contributed by atoms with E-state index in [0.717, 1.165) is 11.8 Å². The molecule has 0 aliphatic carbocycles. The van der Waals surface area contributed by atoms with E-state index >= 15 is 0 Å². The minimum atomic E-state index is -0.506. The third kappa shape index (κ3) is 8.36. The van der Waals surface area contributed by atoms with Crippen molar-refractivity contribution in [3.05, 3.63) is 12.3 Å². The molecule has 0 bridgehead atoms. The maximum atomic E-state index is 11.0. The minimum absolute atomic E-state index is 0.0139. The standard InChI is InChI=1S/C11H17BrO3/c1-9(13)8-10(14)15-7-5-11(2,3)4-6-12/h5,7H,4,6,8H2,1-3H3. The van der Waals surface area contributed by atoms with E-state index in [1.54, 1.807) is 0 Å². The second-order valence-corrected chi connectivity index (χ2v) is 4.89. The number of Topliss-reactive ketones (excluding diaryl/α,β-unsaturated/α-hetero) is 1. The highest BCUT2D eigenvalue weighted by atomic mass is 79.9. The molecule has 3 nitrogen and oxygen atoms in total. The number of allylic oxidation sites excluding steroid dienone is 1. The van der Waals surface area contributed by atoms with Gasteiger partial charge in [-0.25, -0.2) is 0 Å². The van der Waals surface area contributed by atoms with E-state index in [9.17, 15) is 9.59 Å². The summed E-state index contributed by atoms with van der Waals surface area (Å²) in [7, 11) is 0. The van der Waals surface area contributed by atoms with Gasteiger partial charge in [0, 0.05) is 5.33 Å². The van der Waals surface area contributed by atoms with Crippen molar-refractivity contribution in [1.82, 2.24) is 0 Å². The zero-order valence-electron chi connectivity index (χ0n) is 9.38. The summed E-state index contributed by atoms with van der Waals surface area (Å²) in [6, 6.07) is 0. The highest BCUT2D eigenvalue weighted by molar-refractivity contribution is 9.09. The van der Waals surface area contributed by atoms with Crippen molar-refractivity contribution >= 4 is 27.7 Å². The molecule has 0 fully saturated rings. The Morgan fingerprint density at radius 3 is 2.47 bits per heavy atom. The predicted octanol–water partition coefficient (Wildman–Crippen LogP) is 2.83. The van der Waals surface area contributed by atoms with E-state index in [2.05, 4.69) is 15.9 Å². The van der Waals surface area contributed by atoms with Gasteiger partial charge < -0.3 is 4.74 Å². The summed E-state index contributed by atoms with van der Waals surface area (Å²) in [6.45, 7) is 5.45. The van der Waals surface area contributed by atoms with Crippen LogP contribution in [0.4, 0.5) is 0 Å². The smallest absolute Gasteiger partial charge is 0.318 e. The van der Waals surface area contributed by atoms with Crippen LogP contribution in [0, 0.1) is 5.41 Å². The molecule has 0 N–H and O–H groups in total. The third-order valence-electron chi connectivity index (χ3n) is 1.85. The average molecular weight is 277 g/mol. The molecule has 15 heavy (non-hydrogen) atoms. The van der Waals surface area contributed by atoms with Gasteiger partial charge >= 0.3 is 5.97 Å². The summed E-state index contributed by atoms with van der Waals surface area (Å²) in [6.07, 6.45) is 3.98. The van der Waals surface area contributed by atoms with Crippen LogP contribution >= 0.6 is 15.9 Å². The quantitative estimate of drug-likeness (QED) is 0.324. The minimum Gasteiger partial charge on any atom is -0.434 e. The summed E-state index contributed by atoms with van der Waals surface area (Å²) in [4.78, 5) is 21.6. The van der Waals surface area contributed by atoms with Crippen molar-refractivity contribution in [3.8, 4) is 0 Å². The van der Waals surface area contributed by atoms with Crippen LogP contribution in [0.1, 0.15) is 33.6 Å². The van der Waals surface area contributed by atoms with Gasteiger partial charge in [-0.15, -0.1) is 0 Å². The molecule has 0 aromatic heterocycles. The molecule has 0 saturated heterocycles. The molecule has 0 atom stereocenters. The number of alkyl halides is 1. The molecule has 4 heteroatoms. The molecule has 0 unspecified atom stereocenters. The van der Waals surface area contributed by atoms with Gasteiger partial charge in [-0.05, 0) is 24.8 Å². The summed E-state index contributed by atoms with van der Waals surface area (Å²) in [5.74, 6) is -0.693. The molecule has 0 amide bonds. The molecule has 0 aliphatic rings. The number of carbonyl (C=O) groups excluding carboxylic acids is 2. The second-order valence-electron chi connectivity index (χ2n) is 4.10. The Kier molecular flexibility index (Phi) is 6.48. The molecule has 0 heterocycles. The number of ketones is 1. The van der Waals surface area contributed by atoms with Crippen LogP contribution in [0.2, 0.25) is 0 Å². The first kappa shape index (κ1) is 14.4. The predicted molar refractivity (Wildman–Crippen MR) is 62.7 cm³/mol. The third-order valence-corrected chi connectivity index (χ3v) is 2.25. The monoisotopic (exact) mass is 276 g/mol. The molecule has 0 saturated carbocycles. The zero-order chi connectivity index (χ0) is 11.9. The van der Waals surface area contributed by atoms with Gasteiger partial charge in [0.15, 0.2) is 0 Å². The largest absolute Gasteiger partial charge is 0.434 e. The number of rotatable bonds is 6. The van der Waals surface area contributed by atoms with Crippen LogP contribution in [-0.4, -0.2) is 17.1 Å². The van der Waals surface area contributed by atoms with E-state index in [1.807, 2.05) is 19.9 Å². The topological polar surface area (TPSA) is 43.4 Å². The molecule has 0 aromatic rings. The van der Waals surface area contributed by atoms with Crippen molar-refractivity contribution in [2.24, 2.45) is 5.41 Å². The highest BCUT2D eigenvalue weighted by Crippen LogP contribution is 2.22. The molecule has 0 aromatic carbocycles. The Hall–Kier alpha value is -0.640. The fourth-order valence-electron chi connectivity index (χ4n) is 0.866. The lowest BCUT2D eigenvalue weighted by molar-refractivity contribution is -0.140. The van der Waals surface area contributed by atoms with Gasteiger partial charge in [-0.2, -0.15) is 0 Å². The number of hydrogen-bond donors (Lipinski definition) is 0. The first-order chi connectivity index (χ1) is 6.87. The lowest BCUT2D eigenvalue weighted by Crippen LogP contribution is -2.09. The number of ether oxygens (including phenoxy) is 1. The van der Waals surface area contributed by atoms with Crippen LogP contribution in [-0.2, 0) is 14.3 Å². The van der Waals surface area contributed by atoms with E-state index in [4.69, 9.17) is 4.74 Å². The second kappa shape index (κ2) is 6.77. The fraction of sp³-hybridized carbons (Fsp3) is 0.636. The van der Waals surface area contributed by atoms with E-state index in [-0.39, 0.29) is 17.6 Å². The van der Waals surface area contributed by atoms with Crippen molar-refractivity contribution in [3.63, 3.8) is 0 Å². The number of esters is 1. The Labute approximate surface area is 99.0 Å². The normalized spacial score (nSPS) is 11.7. The summed E-state index contributed by atoms with van der Waals surface area (Å²) >= 11 is 3.35. The Morgan fingerprint density at radius 1 is 1.40 bits per heavy atom. The summed E-state index contributed by atoms with van der Waals surface area (Å²) in [5, 5.41) is 0.895. The van der Waals surface area contributed by atoms with Crippen LogP contribution in [0.15, 0.2) is 12.3 Å². The fourth-order valence-corrected chi connectivity index (χ4v) is 1.89. The zero-order valence-corrected chi connectivity index (χ0v) is 11.0. The van der Waals surface area contributed by atoms with Gasteiger partial charge in [0.25, 0.3) is 0 Å². The Balaban J connectivity index is 3.98. The molecule has 0 rings (SSSR count). The van der Waals surface area contributed by atoms with E-state index in [0.29, 0.717) is 0 Å². The van der Waals surface area contributed by atoms with Crippen LogP contribution in [0.5, 0.6) is 0 Å².